The first kappa shape index (κ1) is 9.23. The molecule has 1 aliphatic heterocycles. The van der Waals surface area contributed by atoms with Crippen molar-refractivity contribution < 1.29 is 9.16 Å². The summed E-state index contributed by atoms with van der Waals surface area (Å²) in [4.78, 5) is 0. The fourth-order valence-corrected chi connectivity index (χ4v) is 4.15. The Morgan fingerprint density at radius 2 is 2.09 bits per heavy atom. The highest BCUT2D eigenvalue weighted by molar-refractivity contribution is 6.71. The van der Waals surface area contributed by atoms with Gasteiger partial charge in [-0.25, -0.2) is 0 Å². The second-order valence-corrected chi connectivity index (χ2v) is 8.28. The monoisotopic (exact) mass is 174 g/mol. The van der Waals surface area contributed by atoms with Crippen molar-refractivity contribution in [3.63, 3.8) is 0 Å². The van der Waals surface area contributed by atoms with Gasteiger partial charge in [0.1, 0.15) is 0 Å². The third-order valence-electron chi connectivity index (χ3n) is 2.33. The topological polar surface area (TPSA) is 18.5 Å². The first-order valence-electron chi connectivity index (χ1n) is 4.23. The Morgan fingerprint density at radius 1 is 1.45 bits per heavy atom. The van der Waals surface area contributed by atoms with Crippen LogP contribution in [0.2, 0.25) is 19.1 Å². The molecule has 2 nitrogen and oxygen atoms in total. The molecule has 3 heteroatoms. The molecule has 0 aromatic carbocycles. The lowest BCUT2D eigenvalue weighted by Gasteiger charge is -2.41. The minimum atomic E-state index is -1.37. The van der Waals surface area contributed by atoms with Gasteiger partial charge >= 0.3 is 0 Å². The summed E-state index contributed by atoms with van der Waals surface area (Å²) in [5.74, 6) is -0.284. The van der Waals surface area contributed by atoms with E-state index < -0.39 is 8.32 Å². The Hall–Kier alpha value is 0.137. The van der Waals surface area contributed by atoms with Gasteiger partial charge in [0, 0.05) is 7.11 Å². The van der Waals surface area contributed by atoms with Crippen LogP contribution >= 0.6 is 0 Å². The van der Waals surface area contributed by atoms with E-state index in [9.17, 15) is 0 Å². The van der Waals surface area contributed by atoms with Gasteiger partial charge in [0.15, 0.2) is 14.1 Å². The molecule has 0 aromatic heterocycles. The highest BCUT2D eigenvalue weighted by Crippen LogP contribution is 2.33. The summed E-state index contributed by atoms with van der Waals surface area (Å²) in [7, 11) is 0.360. The van der Waals surface area contributed by atoms with Crippen molar-refractivity contribution in [2.45, 2.75) is 44.7 Å². The van der Waals surface area contributed by atoms with E-state index in [1.807, 2.05) is 6.92 Å². The molecule has 0 aromatic rings. The van der Waals surface area contributed by atoms with Gasteiger partial charge in [0.2, 0.25) is 0 Å². The maximum Gasteiger partial charge on any atom is 0.190 e. The molecule has 1 rings (SSSR count). The van der Waals surface area contributed by atoms with E-state index in [1.54, 1.807) is 7.11 Å². The molecule has 1 fully saturated rings. The molecule has 1 unspecified atom stereocenters. The molecular formula is C8H18O2Si. The highest BCUT2D eigenvalue weighted by atomic mass is 28.4. The minimum absolute atomic E-state index is 0.284. The van der Waals surface area contributed by atoms with Crippen LogP contribution in [0.4, 0.5) is 0 Å². The molecule has 0 aliphatic carbocycles. The Kier molecular flexibility index (Phi) is 2.42. The molecule has 1 atom stereocenters. The SMILES string of the molecule is COC1(C)CCC[Si](C)(C)O1. The zero-order valence-electron chi connectivity index (χ0n) is 7.94. The molecule has 66 valence electrons. The van der Waals surface area contributed by atoms with E-state index >= 15 is 0 Å². The van der Waals surface area contributed by atoms with Gasteiger partial charge < -0.3 is 9.16 Å². The van der Waals surface area contributed by atoms with Crippen LogP contribution in [0.3, 0.4) is 0 Å². The van der Waals surface area contributed by atoms with Crippen molar-refractivity contribution in [2.24, 2.45) is 0 Å². The molecule has 0 saturated carbocycles. The van der Waals surface area contributed by atoms with Crippen LogP contribution in [-0.2, 0) is 9.16 Å². The predicted octanol–water partition coefficient (Wildman–Crippen LogP) is 2.36. The summed E-state index contributed by atoms with van der Waals surface area (Å²) >= 11 is 0. The first-order valence-corrected chi connectivity index (χ1v) is 7.34. The Morgan fingerprint density at radius 3 is 2.45 bits per heavy atom. The standard InChI is InChI=1S/C8H18O2Si/c1-8(9-2)6-5-7-11(3,4)10-8/h5-7H2,1-4H3. The first-order chi connectivity index (χ1) is 4.97. The number of hydrogen-bond acceptors (Lipinski definition) is 2. The number of hydrogen-bond donors (Lipinski definition) is 0. The third kappa shape index (κ3) is 2.29. The fourth-order valence-electron chi connectivity index (χ4n) is 1.67. The van der Waals surface area contributed by atoms with Crippen LogP contribution in [0.15, 0.2) is 0 Å². The maximum atomic E-state index is 5.93. The lowest BCUT2D eigenvalue weighted by molar-refractivity contribution is -0.168. The molecule has 0 N–H and O–H groups in total. The van der Waals surface area contributed by atoms with E-state index in [0.717, 1.165) is 6.42 Å². The molecule has 0 spiro atoms. The summed E-state index contributed by atoms with van der Waals surface area (Å²) in [5, 5.41) is 0. The smallest absolute Gasteiger partial charge is 0.190 e. The van der Waals surface area contributed by atoms with Crippen molar-refractivity contribution in [1.82, 2.24) is 0 Å². The van der Waals surface area contributed by atoms with Gasteiger partial charge in [0.25, 0.3) is 0 Å². The second-order valence-electron chi connectivity index (χ2n) is 4.05. The van der Waals surface area contributed by atoms with Gasteiger partial charge in [0.05, 0.1) is 0 Å². The molecule has 1 heterocycles. The van der Waals surface area contributed by atoms with Crippen molar-refractivity contribution in [3.8, 4) is 0 Å². The summed E-state index contributed by atoms with van der Waals surface area (Å²) in [5.41, 5.74) is 0. The van der Waals surface area contributed by atoms with Crippen LogP contribution in [0, 0.1) is 0 Å². The van der Waals surface area contributed by atoms with Crippen LogP contribution in [0.1, 0.15) is 19.8 Å². The number of rotatable bonds is 1. The van der Waals surface area contributed by atoms with Gasteiger partial charge in [-0.15, -0.1) is 0 Å². The second kappa shape index (κ2) is 2.88. The van der Waals surface area contributed by atoms with E-state index in [-0.39, 0.29) is 5.79 Å². The summed E-state index contributed by atoms with van der Waals surface area (Å²) in [6.45, 7) is 6.55. The Bertz CT molecular complexity index is 147. The minimum Gasteiger partial charge on any atom is -0.391 e. The molecule has 11 heavy (non-hydrogen) atoms. The van der Waals surface area contributed by atoms with E-state index in [1.165, 1.54) is 12.5 Å². The number of ether oxygens (including phenoxy) is 1. The lowest BCUT2D eigenvalue weighted by Crippen LogP contribution is -2.47. The zero-order valence-corrected chi connectivity index (χ0v) is 8.94. The van der Waals surface area contributed by atoms with E-state index in [4.69, 9.17) is 9.16 Å². The average Bonchev–Trinajstić information content (AvgIpc) is 1.85. The fraction of sp³-hybridized carbons (Fsp3) is 1.00. The largest absolute Gasteiger partial charge is 0.391 e. The summed E-state index contributed by atoms with van der Waals surface area (Å²) in [6.07, 6.45) is 2.30. The van der Waals surface area contributed by atoms with Crippen molar-refractivity contribution in [1.29, 1.82) is 0 Å². The molecule has 1 aliphatic rings. The van der Waals surface area contributed by atoms with Crippen LogP contribution < -0.4 is 0 Å². The molecule has 0 bridgehead atoms. The lowest BCUT2D eigenvalue weighted by atomic mass is 10.2. The number of methoxy groups -OCH3 is 1. The normalized spacial score (nSPS) is 37.1. The third-order valence-corrected chi connectivity index (χ3v) is 4.88. The molecule has 0 amide bonds. The van der Waals surface area contributed by atoms with Crippen LogP contribution in [-0.4, -0.2) is 21.2 Å². The summed E-state index contributed by atoms with van der Waals surface area (Å²) in [6, 6.07) is 1.27. The zero-order chi connectivity index (χ0) is 8.54. The van der Waals surface area contributed by atoms with E-state index in [0.29, 0.717) is 0 Å². The van der Waals surface area contributed by atoms with Crippen molar-refractivity contribution in [2.75, 3.05) is 7.11 Å². The van der Waals surface area contributed by atoms with Crippen LogP contribution in [0.25, 0.3) is 0 Å². The van der Waals surface area contributed by atoms with E-state index in [2.05, 4.69) is 13.1 Å². The quantitative estimate of drug-likeness (QED) is 0.568. The van der Waals surface area contributed by atoms with Gasteiger partial charge in [-0.3, -0.25) is 0 Å². The molecule has 0 radical (unpaired) electrons. The van der Waals surface area contributed by atoms with Crippen molar-refractivity contribution >= 4 is 8.32 Å². The maximum absolute atomic E-state index is 5.93. The highest BCUT2D eigenvalue weighted by Gasteiger charge is 2.38. The van der Waals surface area contributed by atoms with Crippen LogP contribution in [0.5, 0.6) is 0 Å². The average molecular weight is 174 g/mol. The summed E-state index contributed by atoms with van der Waals surface area (Å²) < 4.78 is 11.3. The predicted molar refractivity (Wildman–Crippen MR) is 48.0 cm³/mol. The van der Waals surface area contributed by atoms with Gasteiger partial charge in [-0.05, 0) is 38.9 Å². The van der Waals surface area contributed by atoms with Gasteiger partial charge in [-0.2, -0.15) is 0 Å². The Labute approximate surface area is 70.0 Å². The molecule has 1 saturated heterocycles. The van der Waals surface area contributed by atoms with Gasteiger partial charge in [-0.1, -0.05) is 0 Å². The van der Waals surface area contributed by atoms with Crippen molar-refractivity contribution in [3.05, 3.63) is 0 Å². The molecular weight excluding hydrogens is 156 g/mol. The Balaban J connectivity index is 2.59.